The highest BCUT2D eigenvalue weighted by Crippen LogP contribution is 2.42. The number of carbonyl (C=O) groups excluding carboxylic acids is 2. The molecule has 0 unspecified atom stereocenters. The summed E-state index contributed by atoms with van der Waals surface area (Å²) in [6.07, 6.45) is 3.11. The van der Waals surface area contributed by atoms with Crippen LogP contribution in [0.1, 0.15) is 44.2 Å². The van der Waals surface area contributed by atoms with Crippen molar-refractivity contribution in [2.24, 2.45) is 11.8 Å². The molecule has 7 heteroatoms. The molecule has 3 aliphatic rings. The smallest absolute Gasteiger partial charge is 0.326 e. The van der Waals surface area contributed by atoms with Gasteiger partial charge in [-0.25, -0.2) is 9.69 Å². The van der Waals surface area contributed by atoms with E-state index in [2.05, 4.69) is 48.0 Å². The Morgan fingerprint density at radius 2 is 1.71 bits per heavy atom. The highest BCUT2D eigenvalue weighted by Gasteiger charge is 2.58. The lowest BCUT2D eigenvalue weighted by molar-refractivity contribution is -0.138. The van der Waals surface area contributed by atoms with Gasteiger partial charge >= 0.3 is 6.03 Å². The Balaban J connectivity index is 1.36. The fourth-order valence-electron chi connectivity index (χ4n) is 5.64. The second-order valence-corrected chi connectivity index (χ2v) is 9.62. The van der Waals surface area contributed by atoms with E-state index < -0.39 is 5.54 Å². The molecule has 1 aromatic carbocycles. The van der Waals surface area contributed by atoms with Crippen molar-refractivity contribution in [1.82, 2.24) is 20.0 Å². The van der Waals surface area contributed by atoms with Crippen LogP contribution < -0.4 is 10.1 Å². The summed E-state index contributed by atoms with van der Waals surface area (Å²) in [5.74, 6) is 1.26. The van der Waals surface area contributed by atoms with Gasteiger partial charge in [0.25, 0.3) is 5.91 Å². The molecule has 3 amide bonds. The molecule has 1 N–H and O–H groups in total. The summed E-state index contributed by atoms with van der Waals surface area (Å²) in [5.41, 5.74) is 1.72. The number of imide groups is 1. The maximum Gasteiger partial charge on any atom is 0.326 e. The number of urea groups is 1. The molecule has 7 nitrogen and oxygen atoms in total. The molecule has 31 heavy (non-hydrogen) atoms. The minimum atomic E-state index is -0.709. The number of methoxy groups -OCH3 is 1. The zero-order chi connectivity index (χ0) is 22.2. The molecule has 1 spiro atoms. The number of piperazine rings is 1. The van der Waals surface area contributed by atoms with Gasteiger partial charge in [0.15, 0.2) is 0 Å². The van der Waals surface area contributed by atoms with Crippen molar-refractivity contribution >= 4 is 11.9 Å². The minimum Gasteiger partial charge on any atom is -0.496 e. The van der Waals surface area contributed by atoms with E-state index in [-0.39, 0.29) is 23.8 Å². The molecule has 0 radical (unpaired) electrons. The molecule has 2 heterocycles. The third-order valence-electron chi connectivity index (χ3n) is 7.62. The van der Waals surface area contributed by atoms with Gasteiger partial charge < -0.3 is 10.1 Å². The van der Waals surface area contributed by atoms with Gasteiger partial charge in [-0.1, -0.05) is 38.0 Å². The molecular formula is C24H36N4O3. The third kappa shape index (κ3) is 4.05. The molecule has 2 atom stereocenters. The number of hydrogen-bond donors (Lipinski definition) is 1. The third-order valence-corrected chi connectivity index (χ3v) is 7.62. The topological polar surface area (TPSA) is 65.1 Å². The summed E-state index contributed by atoms with van der Waals surface area (Å²) in [6.45, 7) is 11.0. The first-order valence-corrected chi connectivity index (χ1v) is 11.6. The van der Waals surface area contributed by atoms with Crippen LogP contribution in [0, 0.1) is 18.8 Å². The molecule has 0 bridgehead atoms. The number of benzene rings is 1. The predicted octanol–water partition coefficient (Wildman–Crippen LogP) is 2.83. The Hall–Kier alpha value is -2.12. The molecule has 2 aliphatic heterocycles. The van der Waals surface area contributed by atoms with E-state index >= 15 is 0 Å². The number of carbonyl (C=O) groups is 2. The second-order valence-electron chi connectivity index (χ2n) is 9.62. The molecule has 1 aromatic rings. The van der Waals surface area contributed by atoms with Crippen molar-refractivity contribution < 1.29 is 14.3 Å². The van der Waals surface area contributed by atoms with Crippen LogP contribution in [0.15, 0.2) is 18.2 Å². The fourth-order valence-corrected chi connectivity index (χ4v) is 5.64. The summed E-state index contributed by atoms with van der Waals surface area (Å²) in [5, 5.41) is 3.10. The van der Waals surface area contributed by atoms with Crippen molar-refractivity contribution in [1.29, 1.82) is 0 Å². The van der Waals surface area contributed by atoms with Gasteiger partial charge in [-0.05, 0) is 37.7 Å². The SMILES string of the molecule is COc1ccc(C)cc1CN1CCN(CN2C(=O)NC3(C2=O)[C@H](C)CCC[C@H]3C)CC1. The minimum absolute atomic E-state index is 0.0240. The maximum atomic E-state index is 13.4. The molecule has 1 saturated carbocycles. The number of rotatable bonds is 5. The van der Waals surface area contributed by atoms with Gasteiger partial charge in [-0.15, -0.1) is 0 Å². The van der Waals surface area contributed by atoms with Crippen molar-refractivity contribution in [3.05, 3.63) is 29.3 Å². The molecular weight excluding hydrogens is 392 g/mol. The van der Waals surface area contributed by atoms with Gasteiger partial charge in [-0.2, -0.15) is 0 Å². The summed E-state index contributed by atoms with van der Waals surface area (Å²) in [4.78, 5) is 32.2. The normalized spacial score (nSPS) is 27.0. The Kier molecular flexibility index (Phi) is 6.26. The van der Waals surface area contributed by atoms with E-state index in [0.29, 0.717) is 6.67 Å². The van der Waals surface area contributed by atoms with Crippen LogP contribution in [0.3, 0.4) is 0 Å². The Morgan fingerprint density at radius 1 is 1.06 bits per heavy atom. The van der Waals surface area contributed by atoms with E-state index in [9.17, 15) is 9.59 Å². The second kappa shape index (κ2) is 8.79. The number of amides is 3. The van der Waals surface area contributed by atoms with Crippen LogP contribution in [0.2, 0.25) is 0 Å². The van der Waals surface area contributed by atoms with Crippen molar-refractivity contribution in [2.75, 3.05) is 40.0 Å². The monoisotopic (exact) mass is 428 g/mol. The average Bonchev–Trinajstić information content (AvgIpc) is 2.99. The van der Waals surface area contributed by atoms with Gasteiger partial charge in [-0.3, -0.25) is 14.6 Å². The van der Waals surface area contributed by atoms with E-state index in [4.69, 9.17) is 4.74 Å². The van der Waals surface area contributed by atoms with E-state index in [1.165, 1.54) is 16.0 Å². The number of nitrogens with zero attached hydrogens (tertiary/aromatic N) is 3. The van der Waals surface area contributed by atoms with Gasteiger partial charge in [0, 0.05) is 38.3 Å². The van der Waals surface area contributed by atoms with Crippen LogP contribution in [0.4, 0.5) is 4.79 Å². The Morgan fingerprint density at radius 3 is 2.35 bits per heavy atom. The zero-order valence-electron chi connectivity index (χ0n) is 19.3. The van der Waals surface area contributed by atoms with E-state index in [0.717, 1.165) is 57.7 Å². The van der Waals surface area contributed by atoms with Crippen LogP contribution in [-0.4, -0.2) is 72.1 Å². The predicted molar refractivity (Wildman–Crippen MR) is 120 cm³/mol. The van der Waals surface area contributed by atoms with Crippen LogP contribution in [-0.2, 0) is 11.3 Å². The van der Waals surface area contributed by atoms with E-state index in [1.54, 1.807) is 7.11 Å². The van der Waals surface area contributed by atoms with Crippen molar-refractivity contribution in [2.45, 2.75) is 52.1 Å². The Labute approximate surface area is 185 Å². The largest absolute Gasteiger partial charge is 0.496 e. The van der Waals surface area contributed by atoms with Crippen LogP contribution >= 0.6 is 0 Å². The molecule has 1 aliphatic carbocycles. The number of aryl methyl sites for hydroxylation is 1. The molecule has 3 fully saturated rings. The number of nitrogens with one attached hydrogen (secondary N) is 1. The summed E-state index contributed by atoms with van der Waals surface area (Å²) in [6, 6.07) is 6.06. The number of ether oxygens (including phenoxy) is 1. The van der Waals surface area contributed by atoms with E-state index in [1.807, 2.05) is 6.07 Å². The maximum absolute atomic E-state index is 13.4. The highest BCUT2D eigenvalue weighted by molar-refractivity contribution is 6.07. The quantitative estimate of drug-likeness (QED) is 0.731. The first-order chi connectivity index (χ1) is 14.8. The standard InChI is InChI=1S/C24H36N4O3/c1-17-8-9-21(31-4)20(14-17)15-26-10-12-27(13-11-26)16-28-22(29)24(25-23(28)30)18(2)6-5-7-19(24)3/h8-9,14,18-19H,5-7,10-13,15-16H2,1-4H3,(H,25,30)/t18-,19-/m1/s1. The summed E-state index contributed by atoms with van der Waals surface area (Å²) in [7, 11) is 1.71. The molecule has 170 valence electrons. The van der Waals surface area contributed by atoms with Crippen LogP contribution in [0.25, 0.3) is 0 Å². The lowest BCUT2D eigenvalue weighted by atomic mass is 9.67. The van der Waals surface area contributed by atoms with Crippen molar-refractivity contribution in [3.63, 3.8) is 0 Å². The van der Waals surface area contributed by atoms with Gasteiger partial charge in [0.2, 0.25) is 0 Å². The number of hydrogen-bond acceptors (Lipinski definition) is 5. The summed E-state index contributed by atoms with van der Waals surface area (Å²) < 4.78 is 5.52. The Bertz CT molecular complexity index is 824. The van der Waals surface area contributed by atoms with Crippen molar-refractivity contribution in [3.8, 4) is 5.75 Å². The lowest BCUT2D eigenvalue weighted by Crippen LogP contribution is -2.59. The van der Waals surface area contributed by atoms with Gasteiger partial charge in [0.1, 0.15) is 11.3 Å². The first-order valence-electron chi connectivity index (χ1n) is 11.6. The highest BCUT2D eigenvalue weighted by atomic mass is 16.5. The average molecular weight is 429 g/mol. The van der Waals surface area contributed by atoms with Gasteiger partial charge in [0.05, 0.1) is 13.8 Å². The summed E-state index contributed by atoms with van der Waals surface area (Å²) >= 11 is 0. The fraction of sp³-hybridized carbons (Fsp3) is 0.667. The first kappa shape index (κ1) is 22.1. The van der Waals surface area contributed by atoms with Crippen LogP contribution in [0.5, 0.6) is 5.75 Å². The zero-order valence-corrected chi connectivity index (χ0v) is 19.3. The lowest BCUT2D eigenvalue weighted by Gasteiger charge is -2.42. The molecule has 4 rings (SSSR count). The molecule has 0 aromatic heterocycles. The molecule has 2 saturated heterocycles.